The normalized spacial score (nSPS) is 18.2. The van der Waals surface area contributed by atoms with Crippen LogP contribution >= 0.6 is 0 Å². The third-order valence-corrected chi connectivity index (χ3v) is 5.84. The highest BCUT2D eigenvalue weighted by Crippen LogP contribution is 2.39. The maximum atomic E-state index is 13.3. The Kier molecular flexibility index (Phi) is 7.21. The van der Waals surface area contributed by atoms with Crippen molar-refractivity contribution in [1.29, 1.82) is 0 Å². The largest absolute Gasteiger partial charge is 0.497 e. The molecular weight excluding hydrogens is 392 g/mol. The van der Waals surface area contributed by atoms with E-state index in [1.54, 1.807) is 19.1 Å². The molecule has 2 atom stereocenters. The van der Waals surface area contributed by atoms with E-state index in [0.717, 1.165) is 11.1 Å². The highest BCUT2D eigenvalue weighted by atomic mass is 16.5. The molecule has 0 aliphatic carbocycles. The fraction of sp³-hybridized carbons (Fsp3) is 0.440. The van der Waals surface area contributed by atoms with Crippen molar-refractivity contribution in [3.05, 3.63) is 59.2 Å². The molecule has 6 nitrogen and oxygen atoms in total. The number of carbonyl (C=O) groups excluding carboxylic acids is 2. The van der Waals surface area contributed by atoms with Crippen LogP contribution in [0, 0.1) is 18.8 Å². The van der Waals surface area contributed by atoms with Crippen LogP contribution in [0.4, 0.5) is 0 Å². The number of aryl methyl sites for hydroxylation is 1. The molecule has 166 valence electrons. The van der Waals surface area contributed by atoms with Gasteiger partial charge in [0.1, 0.15) is 11.5 Å². The average Bonchev–Trinajstić information content (AvgIpc) is 3.22. The first-order valence-corrected chi connectivity index (χ1v) is 10.7. The molecule has 1 aliphatic heterocycles. The number of nitrogens with zero attached hydrogens (tertiary/aromatic N) is 1. The van der Waals surface area contributed by atoms with E-state index in [-0.39, 0.29) is 23.7 Å². The Morgan fingerprint density at radius 2 is 1.84 bits per heavy atom. The molecule has 0 aromatic heterocycles. The van der Waals surface area contributed by atoms with E-state index in [4.69, 9.17) is 9.47 Å². The number of ether oxygens (including phenoxy) is 2. The van der Waals surface area contributed by atoms with Gasteiger partial charge in [0, 0.05) is 42.7 Å². The zero-order chi connectivity index (χ0) is 22.5. The van der Waals surface area contributed by atoms with E-state index in [1.807, 2.05) is 49.4 Å². The molecule has 2 aromatic rings. The Bertz CT molecular complexity index is 941. The first kappa shape index (κ1) is 22.7. The van der Waals surface area contributed by atoms with Crippen molar-refractivity contribution in [3.63, 3.8) is 0 Å². The van der Waals surface area contributed by atoms with Gasteiger partial charge in [-0.15, -0.1) is 0 Å². The summed E-state index contributed by atoms with van der Waals surface area (Å²) < 4.78 is 10.9. The lowest BCUT2D eigenvalue weighted by Gasteiger charge is -2.21. The Labute approximate surface area is 184 Å². The molecule has 1 N–H and O–H groups in total. The molecule has 0 saturated carbocycles. The van der Waals surface area contributed by atoms with Crippen LogP contribution < -0.4 is 14.8 Å². The third kappa shape index (κ3) is 5.01. The van der Waals surface area contributed by atoms with Gasteiger partial charge in [0.05, 0.1) is 20.1 Å². The summed E-state index contributed by atoms with van der Waals surface area (Å²) in [7, 11) is 3.21. The number of hydrogen-bond donors (Lipinski definition) is 1. The zero-order valence-corrected chi connectivity index (χ0v) is 19.0. The molecule has 3 rings (SSSR count). The smallest absolute Gasteiger partial charge is 0.254 e. The predicted molar refractivity (Wildman–Crippen MR) is 121 cm³/mol. The molecule has 1 heterocycles. The molecule has 2 aromatic carbocycles. The van der Waals surface area contributed by atoms with Crippen molar-refractivity contribution in [3.8, 4) is 11.5 Å². The molecule has 1 saturated heterocycles. The van der Waals surface area contributed by atoms with Crippen LogP contribution in [0.3, 0.4) is 0 Å². The topological polar surface area (TPSA) is 67.9 Å². The van der Waals surface area contributed by atoms with Gasteiger partial charge in [-0.2, -0.15) is 0 Å². The van der Waals surface area contributed by atoms with Gasteiger partial charge in [0.2, 0.25) is 5.91 Å². The fourth-order valence-corrected chi connectivity index (χ4v) is 4.09. The van der Waals surface area contributed by atoms with Crippen molar-refractivity contribution >= 4 is 11.8 Å². The molecule has 2 amide bonds. The zero-order valence-electron chi connectivity index (χ0n) is 19.0. The predicted octanol–water partition coefficient (Wildman–Crippen LogP) is 3.64. The molecule has 1 fully saturated rings. The number of hydrogen-bond acceptors (Lipinski definition) is 4. The highest BCUT2D eigenvalue weighted by molar-refractivity contribution is 5.96. The van der Waals surface area contributed by atoms with Crippen LogP contribution in [0.2, 0.25) is 0 Å². The van der Waals surface area contributed by atoms with Gasteiger partial charge in [-0.3, -0.25) is 9.59 Å². The lowest BCUT2D eigenvalue weighted by Crippen LogP contribution is -2.37. The Morgan fingerprint density at radius 1 is 1.10 bits per heavy atom. The van der Waals surface area contributed by atoms with E-state index < -0.39 is 0 Å². The van der Waals surface area contributed by atoms with Gasteiger partial charge in [-0.05, 0) is 30.5 Å². The number of amides is 2. The fourth-order valence-electron chi connectivity index (χ4n) is 4.09. The summed E-state index contributed by atoms with van der Waals surface area (Å²) >= 11 is 0. The van der Waals surface area contributed by atoms with Crippen LogP contribution in [0.15, 0.2) is 42.5 Å². The summed E-state index contributed by atoms with van der Waals surface area (Å²) in [4.78, 5) is 28.2. The first-order valence-electron chi connectivity index (χ1n) is 10.7. The van der Waals surface area contributed by atoms with Crippen LogP contribution in [-0.2, 0) is 4.79 Å². The quantitative estimate of drug-likeness (QED) is 0.737. The Hall–Kier alpha value is -3.02. The van der Waals surface area contributed by atoms with E-state index in [1.165, 1.54) is 0 Å². The second kappa shape index (κ2) is 9.86. The van der Waals surface area contributed by atoms with Gasteiger partial charge in [-0.1, -0.05) is 38.1 Å². The van der Waals surface area contributed by atoms with E-state index >= 15 is 0 Å². The molecule has 1 aliphatic rings. The number of nitrogens with one attached hydrogen (secondary N) is 1. The van der Waals surface area contributed by atoms with E-state index in [2.05, 4.69) is 19.2 Å². The van der Waals surface area contributed by atoms with Crippen molar-refractivity contribution < 1.29 is 19.1 Å². The van der Waals surface area contributed by atoms with Gasteiger partial charge >= 0.3 is 0 Å². The maximum absolute atomic E-state index is 13.3. The average molecular weight is 425 g/mol. The van der Waals surface area contributed by atoms with Crippen molar-refractivity contribution in [2.75, 3.05) is 33.9 Å². The summed E-state index contributed by atoms with van der Waals surface area (Å²) in [5.74, 6) is 1.11. The van der Waals surface area contributed by atoms with Crippen LogP contribution in [0.1, 0.15) is 41.3 Å². The SMILES string of the molecule is COc1ccc(C2CN(C(=O)c3ccccc3C)CC2C(=O)NCC(C)C)c(OC)c1. The molecule has 0 spiro atoms. The van der Waals surface area contributed by atoms with Gasteiger partial charge in [0.15, 0.2) is 0 Å². The molecule has 0 radical (unpaired) electrons. The van der Waals surface area contributed by atoms with Crippen molar-refractivity contribution in [2.45, 2.75) is 26.7 Å². The number of benzene rings is 2. The molecule has 2 unspecified atom stereocenters. The summed E-state index contributed by atoms with van der Waals surface area (Å²) in [6.45, 7) is 7.49. The van der Waals surface area contributed by atoms with E-state index in [0.29, 0.717) is 42.6 Å². The van der Waals surface area contributed by atoms with Crippen molar-refractivity contribution in [1.82, 2.24) is 10.2 Å². The monoisotopic (exact) mass is 424 g/mol. The van der Waals surface area contributed by atoms with Crippen LogP contribution in [0.25, 0.3) is 0 Å². The minimum atomic E-state index is -0.353. The van der Waals surface area contributed by atoms with E-state index in [9.17, 15) is 9.59 Å². The van der Waals surface area contributed by atoms with Crippen LogP contribution in [-0.4, -0.2) is 50.6 Å². The second-order valence-electron chi connectivity index (χ2n) is 8.48. The molecular formula is C25H32N2O4. The van der Waals surface area contributed by atoms with Gasteiger partial charge < -0.3 is 19.7 Å². The lowest BCUT2D eigenvalue weighted by molar-refractivity contribution is -0.125. The van der Waals surface area contributed by atoms with Gasteiger partial charge in [-0.25, -0.2) is 0 Å². The Balaban J connectivity index is 1.93. The molecule has 0 bridgehead atoms. The summed E-state index contributed by atoms with van der Waals surface area (Å²) in [5, 5.41) is 3.05. The van der Waals surface area contributed by atoms with Gasteiger partial charge in [0.25, 0.3) is 5.91 Å². The number of carbonyl (C=O) groups is 2. The Morgan fingerprint density at radius 3 is 2.48 bits per heavy atom. The summed E-state index contributed by atoms with van der Waals surface area (Å²) in [6, 6.07) is 13.2. The number of rotatable bonds is 7. The lowest BCUT2D eigenvalue weighted by atomic mass is 9.87. The molecule has 31 heavy (non-hydrogen) atoms. The minimum Gasteiger partial charge on any atom is -0.497 e. The van der Waals surface area contributed by atoms with Crippen LogP contribution in [0.5, 0.6) is 11.5 Å². The number of likely N-dealkylation sites (tertiary alicyclic amines) is 1. The maximum Gasteiger partial charge on any atom is 0.254 e. The highest BCUT2D eigenvalue weighted by Gasteiger charge is 2.42. The summed E-state index contributed by atoms with van der Waals surface area (Å²) in [5.41, 5.74) is 2.51. The number of methoxy groups -OCH3 is 2. The molecule has 6 heteroatoms. The third-order valence-electron chi connectivity index (χ3n) is 5.84. The standard InChI is InChI=1S/C25H32N2O4/c1-16(2)13-26-24(28)22-15-27(25(29)19-9-7-6-8-17(19)3)14-21(22)20-11-10-18(30-4)12-23(20)31-5/h6-12,16,21-22H,13-15H2,1-5H3,(H,26,28). The van der Waals surface area contributed by atoms with Crippen molar-refractivity contribution in [2.24, 2.45) is 11.8 Å². The first-order chi connectivity index (χ1) is 14.8. The second-order valence-corrected chi connectivity index (χ2v) is 8.48. The summed E-state index contributed by atoms with van der Waals surface area (Å²) in [6.07, 6.45) is 0. The minimum absolute atomic E-state index is 0.0309.